The van der Waals surface area contributed by atoms with E-state index in [2.05, 4.69) is 71.7 Å². The molecule has 2 aromatic carbocycles. The van der Waals surface area contributed by atoms with Crippen LogP contribution in [0.15, 0.2) is 66.2 Å². The van der Waals surface area contributed by atoms with Gasteiger partial charge in [0.1, 0.15) is 0 Å². The Kier molecular flexibility index (Phi) is 5.43. The van der Waals surface area contributed by atoms with E-state index in [4.69, 9.17) is 4.98 Å². The molecule has 31 heavy (non-hydrogen) atoms. The number of hydrogen-bond donors (Lipinski definition) is 0. The standard InChI is InChI=1S/C26H26N4S/c1-3-29(4-2)23-14-10-19(11-15-23)16-21-12-13-22-17-27-30(25(21)22)26-28-24(18-31-26)20-8-6-5-7-9-20/h5-11,14-18H,3-4,12-13H2,1-2H3. The molecule has 4 nitrogen and oxygen atoms in total. The van der Waals surface area contributed by atoms with Gasteiger partial charge in [0.15, 0.2) is 0 Å². The maximum Gasteiger partial charge on any atom is 0.211 e. The summed E-state index contributed by atoms with van der Waals surface area (Å²) >= 11 is 1.64. The Balaban J connectivity index is 1.45. The predicted octanol–water partition coefficient (Wildman–Crippen LogP) is 6.33. The number of fused-ring (bicyclic) bond motifs is 1. The Morgan fingerprint density at radius 1 is 1.00 bits per heavy atom. The van der Waals surface area contributed by atoms with Crippen molar-refractivity contribution in [2.45, 2.75) is 26.7 Å². The zero-order valence-electron chi connectivity index (χ0n) is 18.0. The van der Waals surface area contributed by atoms with Crippen LogP contribution in [-0.4, -0.2) is 27.9 Å². The molecular formula is C26H26N4S. The zero-order valence-corrected chi connectivity index (χ0v) is 18.8. The maximum absolute atomic E-state index is 4.88. The van der Waals surface area contributed by atoms with Crippen molar-refractivity contribution in [2.24, 2.45) is 0 Å². The van der Waals surface area contributed by atoms with E-state index in [0.29, 0.717) is 0 Å². The zero-order chi connectivity index (χ0) is 21.2. The average Bonchev–Trinajstić information content (AvgIpc) is 3.54. The van der Waals surface area contributed by atoms with Crippen LogP contribution in [0.5, 0.6) is 0 Å². The number of aromatic nitrogens is 3. The van der Waals surface area contributed by atoms with Crippen LogP contribution >= 0.6 is 11.3 Å². The van der Waals surface area contributed by atoms with Crippen molar-refractivity contribution in [3.63, 3.8) is 0 Å². The first-order valence-electron chi connectivity index (χ1n) is 10.9. The number of allylic oxidation sites excluding steroid dienone is 1. The molecule has 0 fully saturated rings. The Labute approximate surface area is 187 Å². The third kappa shape index (κ3) is 3.81. The van der Waals surface area contributed by atoms with Crippen LogP contribution in [0.2, 0.25) is 0 Å². The minimum atomic E-state index is 0.921. The Hall–Kier alpha value is -3.18. The van der Waals surface area contributed by atoms with Crippen molar-refractivity contribution in [2.75, 3.05) is 18.0 Å². The van der Waals surface area contributed by atoms with E-state index < -0.39 is 0 Å². The molecule has 0 saturated carbocycles. The lowest BCUT2D eigenvalue weighted by molar-refractivity contribution is 0.855. The van der Waals surface area contributed by atoms with Gasteiger partial charge in [-0.2, -0.15) is 5.10 Å². The lowest BCUT2D eigenvalue weighted by Crippen LogP contribution is -2.21. The number of aryl methyl sites for hydroxylation is 1. The molecular weight excluding hydrogens is 400 g/mol. The molecule has 0 spiro atoms. The van der Waals surface area contributed by atoms with Crippen LogP contribution in [0, 0.1) is 0 Å². The van der Waals surface area contributed by atoms with Crippen LogP contribution < -0.4 is 4.90 Å². The Morgan fingerprint density at radius 3 is 2.52 bits per heavy atom. The van der Waals surface area contributed by atoms with Gasteiger partial charge in [0.05, 0.1) is 17.6 Å². The largest absolute Gasteiger partial charge is 0.372 e. The van der Waals surface area contributed by atoms with Crippen LogP contribution in [0.4, 0.5) is 5.69 Å². The first-order chi connectivity index (χ1) is 15.3. The van der Waals surface area contributed by atoms with Gasteiger partial charge < -0.3 is 4.90 Å². The summed E-state index contributed by atoms with van der Waals surface area (Å²) in [6.07, 6.45) is 6.39. The van der Waals surface area contributed by atoms with Gasteiger partial charge in [-0.1, -0.05) is 42.5 Å². The molecule has 1 aliphatic rings. The SMILES string of the molecule is CCN(CC)c1ccc(C=C2CCc3cnn(-c4nc(-c5ccccc5)cs4)c32)cc1. The minimum Gasteiger partial charge on any atom is -0.372 e. The maximum atomic E-state index is 4.88. The monoisotopic (exact) mass is 426 g/mol. The lowest BCUT2D eigenvalue weighted by Gasteiger charge is -2.20. The third-order valence-corrected chi connectivity index (χ3v) is 6.73. The molecule has 156 valence electrons. The van der Waals surface area contributed by atoms with Crippen LogP contribution in [-0.2, 0) is 6.42 Å². The average molecular weight is 427 g/mol. The second-order valence-corrected chi connectivity index (χ2v) is 8.58. The Morgan fingerprint density at radius 2 is 1.77 bits per heavy atom. The summed E-state index contributed by atoms with van der Waals surface area (Å²) in [5, 5.41) is 7.72. The summed E-state index contributed by atoms with van der Waals surface area (Å²) in [5.41, 5.74) is 8.50. The number of anilines is 1. The molecule has 0 bridgehead atoms. The van der Waals surface area contributed by atoms with E-state index in [1.165, 1.54) is 28.1 Å². The topological polar surface area (TPSA) is 34.0 Å². The second-order valence-electron chi connectivity index (χ2n) is 7.74. The van der Waals surface area contributed by atoms with Crippen LogP contribution in [0.1, 0.15) is 37.1 Å². The number of thiazole rings is 1. The normalized spacial score (nSPS) is 14.2. The van der Waals surface area contributed by atoms with Gasteiger partial charge in [0.2, 0.25) is 5.13 Å². The molecule has 0 atom stereocenters. The summed E-state index contributed by atoms with van der Waals surface area (Å²) in [6, 6.07) is 19.2. The van der Waals surface area contributed by atoms with Gasteiger partial charge in [0, 0.05) is 29.7 Å². The molecule has 4 aromatic rings. The molecule has 5 heteroatoms. The first kappa shape index (κ1) is 19.8. The lowest BCUT2D eigenvalue weighted by atomic mass is 10.1. The molecule has 0 unspecified atom stereocenters. The van der Waals surface area contributed by atoms with Crippen molar-refractivity contribution in [1.29, 1.82) is 0 Å². The molecule has 1 aliphatic carbocycles. The first-order valence-corrected chi connectivity index (χ1v) is 11.8. The van der Waals surface area contributed by atoms with Gasteiger partial charge in [-0.25, -0.2) is 9.67 Å². The van der Waals surface area contributed by atoms with Gasteiger partial charge in [-0.05, 0) is 61.6 Å². The fourth-order valence-corrected chi connectivity index (χ4v) is 5.05. The molecule has 0 radical (unpaired) electrons. The van der Waals surface area contributed by atoms with Crippen molar-refractivity contribution < 1.29 is 0 Å². The second kappa shape index (κ2) is 8.52. The van der Waals surface area contributed by atoms with Gasteiger partial charge in [0.25, 0.3) is 0 Å². The van der Waals surface area contributed by atoms with E-state index in [-0.39, 0.29) is 0 Å². The van der Waals surface area contributed by atoms with Crippen molar-refractivity contribution >= 4 is 28.7 Å². The summed E-state index contributed by atoms with van der Waals surface area (Å²) < 4.78 is 2.02. The summed E-state index contributed by atoms with van der Waals surface area (Å²) in [4.78, 5) is 7.25. The predicted molar refractivity (Wildman–Crippen MR) is 131 cm³/mol. The third-order valence-electron chi connectivity index (χ3n) is 5.92. The smallest absolute Gasteiger partial charge is 0.211 e. The van der Waals surface area contributed by atoms with E-state index >= 15 is 0 Å². The highest BCUT2D eigenvalue weighted by Crippen LogP contribution is 2.36. The Bertz CT molecular complexity index is 1200. The van der Waals surface area contributed by atoms with E-state index in [1.54, 1.807) is 11.3 Å². The quantitative estimate of drug-likeness (QED) is 0.361. The molecule has 2 aromatic heterocycles. The van der Waals surface area contributed by atoms with Crippen molar-refractivity contribution in [3.05, 3.63) is 83.0 Å². The number of nitrogens with zero attached hydrogens (tertiary/aromatic N) is 4. The van der Waals surface area contributed by atoms with Crippen molar-refractivity contribution in [1.82, 2.24) is 14.8 Å². The summed E-state index contributed by atoms with van der Waals surface area (Å²) in [5.74, 6) is 0. The van der Waals surface area contributed by atoms with E-state index in [9.17, 15) is 0 Å². The van der Waals surface area contributed by atoms with Crippen molar-refractivity contribution in [3.8, 4) is 16.4 Å². The fourth-order valence-electron chi connectivity index (χ4n) is 4.26. The van der Waals surface area contributed by atoms with E-state index in [0.717, 1.165) is 42.3 Å². The van der Waals surface area contributed by atoms with Gasteiger partial charge in [-0.15, -0.1) is 11.3 Å². The molecule has 0 saturated heterocycles. The number of rotatable bonds is 6. The highest BCUT2D eigenvalue weighted by molar-refractivity contribution is 7.12. The van der Waals surface area contributed by atoms with Gasteiger partial charge >= 0.3 is 0 Å². The highest BCUT2D eigenvalue weighted by Gasteiger charge is 2.24. The minimum absolute atomic E-state index is 0.921. The number of benzene rings is 2. The van der Waals surface area contributed by atoms with E-state index in [1.807, 2.05) is 29.1 Å². The molecule has 5 rings (SSSR count). The van der Waals surface area contributed by atoms with Gasteiger partial charge in [-0.3, -0.25) is 0 Å². The fraction of sp³-hybridized carbons (Fsp3) is 0.231. The van der Waals surface area contributed by atoms with Crippen LogP contribution in [0.25, 0.3) is 28.0 Å². The molecule has 2 heterocycles. The highest BCUT2D eigenvalue weighted by atomic mass is 32.1. The summed E-state index contributed by atoms with van der Waals surface area (Å²) in [6.45, 7) is 6.45. The number of hydrogen-bond acceptors (Lipinski definition) is 4. The molecule has 0 aliphatic heterocycles. The van der Waals surface area contributed by atoms with Crippen LogP contribution in [0.3, 0.4) is 0 Å². The summed E-state index contributed by atoms with van der Waals surface area (Å²) in [7, 11) is 0. The molecule has 0 N–H and O–H groups in total. The molecule has 0 amide bonds.